The standard InChI is InChI=1S/C6H10F2N/c7-6(8)3-1-5(9)2-4-6/h5,9H,1-4H2. The van der Waals surface area contributed by atoms with Crippen LogP contribution in [0.5, 0.6) is 0 Å². The van der Waals surface area contributed by atoms with E-state index in [4.69, 9.17) is 5.73 Å². The number of alkyl halides is 2. The maximum Gasteiger partial charge on any atom is 0.248 e. The minimum Gasteiger partial charge on any atom is -0.255 e. The molecule has 1 radical (unpaired) electrons. The van der Waals surface area contributed by atoms with Gasteiger partial charge >= 0.3 is 0 Å². The molecule has 0 aliphatic heterocycles. The Hall–Kier alpha value is -0.180. The molecule has 1 saturated carbocycles. The Bertz CT molecular complexity index is 93.2. The van der Waals surface area contributed by atoms with Crippen molar-refractivity contribution in [3.8, 4) is 0 Å². The molecule has 0 bridgehead atoms. The van der Waals surface area contributed by atoms with Gasteiger partial charge in [0.2, 0.25) is 5.92 Å². The zero-order chi connectivity index (χ0) is 6.91. The second-order valence-electron chi connectivity index (χ2n) is 2.63. The Labute approximate surface area is 53.2 Å². The number of rotatable bonds is 0. The lowest BCUT2D eigenvalue weighted by Crippen LogP contribution is -2.27. The van der Waals surface area contributed by atoms with Crippen LogP contribution in [0.3, 0.4) is 0 Å². The molecule has 1 aliphatic carbocycles. The molecule has 1 fully saturated rings. The van der Waals surface area contributed by atoms with E-state index in [0.29, 0.717) is 12.8 Å². The van der Waals surface area contributed by atoms with E-state index in [2.05, 4.69) is 0 Å². The minimum absolute atomic E-state index is 0.0822. The molecule has 0 amide bonds. The molecule has 0 atom stereocenters. The topological polar surface area (TPSA) is 23.8 Å². The number of hydrogen-bond acceptors (Lipinski definition) is 0. The minimum atomic E-state index is -2.46. The van der Waals surface area contributed by atoms with E-state index < -0.39 is 5.92 Å². The zero-order valence-electron chi connectivity index (χ0n) is 5.16. The predicted octanol–water partition coefficient (Wildman–Crippen LogP) is 1.85. The molecule has 0 aromatic rings. The van der Waals surface area contributed by atoms with Gasteiger partial charge in [-0.05, 0) is 12.8 Å². The van der Waals surface area contributed by atoms with Gasteiger partial charge in [-0.2, -0.15) is 0 Å². The predicted molar refractivity (Wildman–Crippen MR) is 30.3 cm³/mol. The summed E-state index contributed by atoms with van der Waals surface area (Å²) in [7, 11) is 0. The van der Waals surface area contributed by atoms with Crippen LogP contribution in [0.15, 0.2) is 0 Å². The van der Waals surface area contributed by atoms with Gasteiger partial charge in [-0.1, -0.05) is 0 Å². The molecule has 0 aromatic carbocycles. The molecule has 0 aromatic heterocycles. The number of nitrogens with one attached hydrogen (secondary N) is 1. The van der Waals surface area contributed by atoms with Gasteiger partial charge in [-0.25, -0.2) is 8.78 Å². The van der Waals surface area contributed by atoms with E-state index >= 15 is 0 Å². The van der Waals surface area contributed by atoms with Crippen molar-refractivity contribution in [2.24, 2.45) is 0 Å². The van der Waals surface area contributed by atoms with Gasteiger partial charge in [-0.3, -0.25) is 5.73 Å². The average Bonchev–Trinajstić information content (AvgIpc) is 1.78. The lowest BCUT2D eigenvalue weighted by molar-refractivity contribution is -0.0380. The number of hydrogen-bond donors (Lipinski definition) is 0. The first-order valence-corrected chi connectivity index (χ1v) is 3.19. The zero-order valence-corrected chi connectivity index (χ0v) is 5.16. The molecule has 1 N–H and O–H groups in total. The van der Waals surface area contributed by atoms with Crippen molar-refractivity contribution in [1.82, 2.24) is 5.73 Å². The van der Waals surface area contributed by atoms with Crippen LogP contribution >= 0.6 is 0 Å². The first kappa shape index (κ1) is 6.93. The second-order valence-corrected chi connectivity index (χ2v) is 2.63. The molecule has 0 heterocycles. The third-order valence-corrected chi connectivity index (χ3v) is 1.72. The summed E-state index contributed by atoms with van der Waals surface area (Å²) in [4.78, 5) is 0. The van der Waals surface area contributed by atoms with E-state index in [9.17, 15) is 8.78 Å². The molecule has 1 rings (SSSR count). The molecule has 0 spiro atoms. The first-order chi connectivity index (χ1) is 4.10. The van der Waals surface area contributed by atoms with Crippen LogP contribution in [-0.2, 0) is 0 Å². The summed E-state index contributed by atoms with van der Waals surface area (Å²) in [6.45, 7) is 0. The van der Waals surface area contributed by atoms with Gasteiger partial charge in [0.15, 0.2) is 0 Å². The first-order valence-electron chi connectivity index (χ1n) is 3.19. The van der Waals surface area contributed by atoms with Crippen molar-refractivity contribution in [1.29, 1.82) is 0 Å². The van der Waals surface area contributed by atoms with Crippen LogP contribution in [0.1, 0.15) is 25.7 Å². The van der Waals surface area contributed by atoms with Crippen molar-refractivity contribution in [2.45, 2.75) is 37.6 Å². The largest absolute Gasteiger partial charge is 0.255 e. The third kappa shape index (κ3) is 1.90. The van der Waals surface area contributed by atoms with Gasteiger partial charge in [-0.15, -0.1) is 0 Å². The molecule has 3 heteroatoms. The van der Waals surface area contributed by atoms with Crippen molar-refractivity contribution in [3.05, 3.63) is 0 Å². The fraction of sp³-hybridized carbons (Fsp3) is 1.00. The third-order valence-electron chi connectivity index (χ3n) is 1.72. The Kier molecular flexibility index (Phi) is 1.70. The quantitative estimate of drug-likeness (QED) is 0.482. The SMILES string of the molecule is [NH]C1CCC(F)(F)CC1. The molecular weight excluding hydrogens is 124 g/mol. The Balaban J connectivity index is 2.35. The van der Waals surface area contributed by atoms with Crippen LogP contribution in [0.25, 0.3) is 0 Å². The maximum absolute atomic E-state index is 12.3. The summed E-state index contributed by atoms with van der Waals surface area (Å²) in [5.41, 5.74) is 7.12. The summed E-state index contributed by atoms with van der Waals surface area (Å²) in [6, 6.07) is -0.232. The summed E-state index contributed by atoms with van der Waals surface area (Å²) >= 11 is 0. The van der Waals surface area contributed by atoms with Crippen molar-refractivity contribution in [3.63, 3.8) is 0 Å². The average molecular weight is 134 g/mol. The molecule has 1 aliphatic rings. The normalized spacial score (nSPS) is 28.3. The molecule has 0 unspecified atom stereocenters. The highest BCUT2D eigenvalue weighted by atomic mass is 19.3. The Morgan fingerprint density at radius 3 is 2.00 bits per heavy atom. The summed E-state index contributed by atoms with van der Waals surface area (Å²) in [6.07, 6.45) is 0.572. The second kappa shape index (κ2) is 2.21. The maximum atomic E-state index is 12.3. The van der Waals surface area contributed by atoms with Crippen LogP contribution < -0.4 is 5.73 Å². The van der Waals surface area contributed by atoms with E-state index in [1.54, 1.807) is 0 Å². The fourth-order valence-corrected chi connectivity index (χ4v) is 1.04. The summed E-state index contributed by atoms with van der Waals surface area (Å²) in [5.74, 6) is -2.46. The highest BCUT2D eigenvalue weighted by Gasteiger charge is 2.33. The summed E-state index contributed by atoms with van der Waals surface area (Å²) in [5, 5.41) is 0. The highest BCUT2D eigenvalue weighted by Crippen LogP contribution is 2.32. The number of halogens is 2. The highest BCUT2D eigenvalue weighted by molar-refractivity contribution is 4.78. The summed E-state index contributed by atoms with van der Waals surface area (Å²) < 4.78 is 24.6. The van der Waals surface area contributed by atoms with Crippen molar-refractivity contribution < 1.29 is 8.78 Å². The smallest absolute Gasteiger partial charge is 0.248 e. The van der Waals surface area contributed by atoms with E-state index in [1.807, 2.05) is 0 Å². The fourth-order valence-electron chi connectivity index (χ4n) is 1.04. The van der Waals surface area contributed by atoms with Crippen LogP contribution in [0.2, 0.25) is 0 Å². The van der Waals surface area contributed by atoms with Crippen molar-refractivity contribution in [2.75, 3.05) is 0 Å². The van der Waals surface area contributed by atoms with Crippen LogP contribution in [0.4, 0.5) is 8.78 Å². The molecule has 53 valence electrons. The van der Waals surface area contributed by atoms with Gasteiger partial charge < -0.3 is 0 Å². The van der Waals surface area contributed by atoms with Gasteiger partial charge in [0.25, 0.3) is 0 Å². The van der Waals surface area contributed by atoms with Gasteiger partial charge in [0.1, 0.15) is 0 Å². The van der Waals surface area contributed by atoms with E-state index in [0.717, 1.165) is 0 Å². The van der Waals surface area contributed by atoms with Gasteiger partial charge in [0, 0.05) is 18.9 Å². The van der Waals surface area contributed by atoms with E-state index in [-0.39, 0.29) is 18.9 Å². The lowest BCUT2D eigenvalue weighted by atomic mass is 9.93. The molecule has 1 nitrogen and oxygen atoms in total. The molecular formula is C6H10F2N. The Morgan fingerprint density at radius 1 is 1.22 bits per heavy atom. The lowest BCUT2D eigenvalue weighted by Gasteiger charge is -2.24. The van der Waals surface area contributed by atoms with Crippen LogP contribution in [0, 0.1) is 0 Å². The molecule has 0 saturated heterocycles. The monoisotopic (exact) mass is 134 g/mol. The van der Waals surface area contributed by atoms with Crippen LogP contribution in [-0.4, -0.2) is 12.0 Å². The van der Waals surface area contributed by atoms with E-state index in [1.165, 1.54) is 0 Å². The molecule has 9 heavy (non-hydrogen) atoms. The van der Waals surface area contributed by atoms with Crippen molar-refractivity contribution >= 4 is 0 Å². The van der Waals surface area contributed by atoms with Gasteiger partial charge in [0.05, 0.1) is 0 Å². The Morgan fingerprint density at radius 2 is 1.67 bits per heavy atom.